The van der Waals surface area contributed by atoms with Gasteiger partial charge in [0.05, 0.1) is 13.7 Å². The predicted molar refractivity (Wildman–Crippen MR) is 110 cm³/mol. The van der Waals surface area contributed by atoms with Crippen LogP contribution < -0.4 is 4.74 Å². The van der Waals surface area contributed by atoms with E-state index >= 15 is 0 Å². The van der Waals surface area contributed by atoms with Crippen LogP contribution in [0, 0.1) is 12.7 Å². The quantitative estimate of drug-likeness (QED) is 0.673. The van der Waals surface area contributed by atoms with Crippen LogP contribution in [0.15, 0.2) is 42.5 Å². The number of amides is 1. The average molecular weight is 398 g/mol. The summed E-state index contributed by atoms with van der Waals surface area (Å²) in [6.07, 6.45) is 1.17. The first-order valence-corrected chi connectivity index (χ1v) is 9.88. The predicted octanol–water partition coefficient (Wildman–Crippen LogP) is 3.10. The van der Waals surface area contributed by atoms with E-state index in [0.717, 1.165) is 11.3 Å². The summed E-state index contributed by atoms with van der Waals surface area (Å²) in [5.41, 5.74) is 2.11. The molecule has 0 bridgehead atoms. The van der Waals surface area contributed by atoms with Gasteiger partial charge in [0.25, 0.3) is 0 Å². The van der Waals surface area contributed by atoms with Gasteiger partial charge in [0.1, 0.15) is 11.6 Å². The summed E-state index contributed by atoms with van der Waals surface area (Å²) < 4.78 is 18.5. The first-order chi connectivity index (χ1) is 14.0. The minimum absolute atomic E-state index is 0.0209. The number of piperazine rings is 1. The summed E-state index contributed by atoms with van der Waals surface area (Å²) in [4.78, 5) is 28.9. The Morgan fingerprint density at radius 1 is 1.03 bits per heavy atom. The number of rotatable bonds is 7. The largest absolute Gasteiger partial charge is 0.497 e. The number of ketones is 1. The van der Waals surface area contributed by atoms with Crippen molar-refractivity contribution in [3.8, 4) is 5.75 Å². The number of ether oxygens (including phenoxy) is 1. The third-order valence-corrected chi connectivity index (χ3v) is 5.36. The molecule has 5 nitrogen and oxygen atoms in total. The van der Waals surface area contributed by atoms with Gasteiger partial charge in [-0.1, -0.05) is 12.1 Å². The number of carbonyl (C=O) groups is 2. The van der Waals surface area contributed by atoms with E-state index in [1.54, 1.807) is 20.1 Å². The Hall–Kier alpha value is -2.73. The van der Waals surface area contributed by atoms with Crippen molar-refractivity contribution in [3.05, 3.63) is 65.0 Å². The van der Waals surface area contributed by atoms with Crippen molar-refractivity contribution in [1.29, 1.82) is 0 Å². The molecule has 0 radical (unpaired) electrons. The van der Waals surface area contributed by atoms with Crippen LogP contribution in [-0.2, 0) is 11.2 Å². The number of methoxy groups -OCH3 is 1. The molecule has 0 atom stereocenters. The minimum atomic E-state index is -0.302. The fraction of sp³-hybridized carbons (Fsp3) is 0.391. The molecule has 0 saturated carbocycles. The van der Waals surface area contributed by atoms with E-state index in [9.17, 15) is 14.0 Å². The van der Waals surface area contributed by atoms with Gasteiger partial charge in [-0.15, -0.1) is 0 Å². The summed E-state index contributed by atoms with van der Waals surface area (Å²) in [5, 5.41) is 0. The molecule has 0 aromatic heterocycles. The lowest BCUT2D eigenvalue weighted by molar-refractivity contribution is -0.132. The van der Waals surface area contributed by atoms with Crippen molar-refractivity contribution in [2.45, 2.75) is 19.8 Å². The van der Waals surface area contributed by atoms with Gasteiger partial charge in [-0.05, 0) is 54.8 Å². The molecule has 1 fully saturated rings. The number of carbonyl (C=O) groups excluding carboxylic acids is 2. The maximum Gasteiger partial charge on any atom is 0.222 e. The SMILES string of the molecule is COc1ccc(CCC(=O)N2CCN(CC(=O)c3ccc(F)c(C)c3)CC2)cc1. The molecule has 29 heavy (non-hydrogen) atoms. The summed E-state index contributed by atoms with van der Waals surface area (Å²) in [6, 6.07) is 12.2. The molecule has 2 aromatic rings. The van der Waals surface area contributed by atoms with Gasteiger partial charge in [0, 0.05) is 38.2 Å². The molecule has 1 heterocycles. The van der Waals surface area contributed by atoms with Crippen molar-refractivity contribution >= 4 is 11.7 Å². The van der Waals surface area contributed by atoms with Crippen LogP contribution in [0.1, 0.15) is 27.9 Å². The van der Waals surface area contributed by atoms with E-state index < -0.39 is 0 Å². The number of halogens is 1. The van der Waals surface area contributed by atoms with E-state index in [0.29, 0.717) is 56.7 Å². The first kappa shape index (κ1) is 21.0. The number of hydrogen-bond acceptors (Lipinski definition) is 4. The minimum Gasteiger partial charge on any atom is -0.497 e. The lowest BCUT2D eigenvalue weighted by Gasteiger charge is -2.34. The lowest BCUT2D eigenvalue weighted by atomic mass is 10.1. The summed E-state index contributed by atoms with van der Waals surface area (Å²) >= 11 is 0. The zero-order chi connectivity index (χ0) is 20.8. The van der Waals surface area contributed by atoms with E-state index in [-0.39, 0.29) is 17.5 Å². The normalized spacial score (nSPS) is 14.7. The second-order valence-corrected chi connectivity index (χ2v) is 7.39. The van der Waals surface area contributed by atoms with Crippen molar-refractivity contribution < 1.29 is 18.7 Å². The third-order valence-electron chi connectivity index (χ3n) is 5.36. The van der Waals surface area contributed by atoms with Crippen molar-refractivity contribution in [2.24, 2.45) is 0 Å². The summed E-state index contributed by atoms with van der Waals surface area (Å²) in [6.45, 7) is 4.52. The zero-order valence-corrected chi connectivity index (χ0v) is 17.0. The van der Waals surface area contributed by atoms with Gasteiger partial charge in [-0.2, -0.15) is 0 Å². The average Bonchev–Trinajstić information content (AvgIpc) is 2.74. The second-order valence-electron chi connectivity index (χ2n) is 7.39. The van der Waals surface area contributed by atoms with E-state index in [1.807, 2.05) is 34.1 Å². The van der Waals surface area contributed by atoms with Crippen molar-refractivity contribution in [3.63, 3.8) is 0 Å². The Morgan fingerprint density at radius 3 is 2.34 bits per heavy atom. The molecule has 1 saturated heterocycles. The van der Waals surface area contributed by atoms with E-state index in [4.69, 9.17) is 4.74 Å². The number of aryl methyl sites for hydroxylation is 2. The Labute approximate surface area is 171 Å². The van der Waals surface area contributed by atoms with Crippen LogP contribution in [0.3, 0.4) is 0 Å². The zero-order valence-electron chi connectivity index (χ0n) is 17.0. The molecule has 6 heteroatoms. The van der Waals surface area contributed by atoms with E-state index in [2.05, 4.69) is 0 Å². The Balaban J connectivity index is 1.43. The second kappa shape index (κ2) is 9.65. The highest BCUT2D eigenvalue weighted by atomic mass is 19.1. The molecule has 1 aliphatic heterocycles. The Bertz CT molecular complexity index is 859. The molecule has 0 spiro atoms. The smallest absolute Gasteiger partial charge is 0.222 e. The maximum absolute atomic E-state index is 13.4. The molecule has 0 N–H and O–H groups in total. The van der Waals surface area contributed by atoms with Gasteiger partial charge in [-0.3, -0.25) is 14.5 Å². The number of hydrogen-bond donors (Lipinski definition) is 0. The molecule has 0 unspecified atom stereocenters. The Morgan fingerprint density at radius 2 is 1.72 bits per heavy atom. The van der Waals surface area contributed by atoms with Crippen LogP contribution in [0.2, 0.25) is 0 Å². The van der Waals surface area contributed by atoms with Gasteiger partial charge in [0.15, 0.2) is 5.78 Å². The third kappa shape index (κ3) is 5.64. The monoisotopic (exact) mass is 398 g/mol. The van der Waals surface area contributed by atoms with Gasteiger partial charge >= 0.3 is 0 Å². The molecular formula is C23H27FN2O3. The summed E-state index contributed by atoms with van der Waals surface area (Å²) in [5.74, 6) is 0.623. The van der Waals surface area contributed by atoms with E-state index in [1.165, 1.54) is 12.1 Å². The van der Waals surface area contributed by atoms with Crippen molar-refractivity contribution in [1.82, 2.24) is 9.80 Å². The fourth-order valence-corrected chi connectivity index (χ4v) is 3.47. The molecule has 1 aliphatic rings. The molecule has 154 valence electrons. The molecule has 3 rings (SSSR count). The Kier molecular flexibility index (Phi) is 6.99. The highest BCUT2D eigenvalue weighted by Crippen LogP contribution is 2.14. The summed E-state index contributed by atoms with van der Waals surface area (Å²) in [7, 11) is 1.63. The lowest BCUT2D eigenvalue weighted by Crippen LogP contribution is -2.50. The highest BCUT2D eigenvalue weighted by Gasteiger charge is 2.22. The van der Waals surface area contributed by atoms with Crippen LogP contribution in [-0.4, -0.2) is 61.3 Å². The topological polar surface area (TPSA) is 49.9 Å². The molecule has 1 amide bonds. The molecule has 2 aromatic carbocycles. The van der Waals surface area contributed by atoms with Crippen LogP contribution >= 0.6 is 0 Å². The fourth-order valence-electron chi connectivity index (χ4n) is 3.47. The van der Waals surface area contributed by atoms with Crippen LogP contribution in [0.25, 0.3) is 0 Å². The van der Waals surface area contributed by atoms with Crippen LogP contribution in [0.4, 0.5) is 4.39 Å². The number of benzene rings is 2. The molecule has 0 aliphatic carbocycles. The van der Waals surface area contributed by atoms with Gasteiger partial charge in [0.2, 0.25) is 5.91 Å². The standard InChI is InChI=1S/C23H27FN2O3/c1-17-15-19(6-9-21(17)24)22(27)16-25-11-13-26(14-12-25)23(28)10-5-18-3-7-20(29-2)8-4-18/h3-4,6-9,15H,5,10-14,16H2,1-2H3. The first-order valence-electron chi connectivity index (χ1n) is 9.88. The maximum atomic E-state index is 13.4. The number of Topliss-reactive ketones (excluding diaryl/α,β-unsaturated/α-hetero) is 1. The van der Waals surface area contributed by atoms with Crippen LogP contribution in [0.5, 0.6) is 5.75 Å². The highest BCUT2D eigenvalue weighted by molar-refractivity contribution is 5.97. The van der Waals surface area contributed by atoms with Crippen molar-refractivity contribution in [2.75, 3.05) is 39.8 Å². The molecular weight excluding hydrogens is 371 g/mol. The van der Waals surface area contributed by atoms with Gasteiger partial charge < -0.3 is 9.64 Å². The number of nitrogens with zero attached hydrogens (tertiary/aromatic N) is 2. The van der Waals surface area contributed by atoms with Gasteiger partial charge in [-0.25, -0.2) is 4.39 Å².